The number of fused-ring (bicyclic) bond motifs is 5. The molecule has 0 spiro atoms. The average molecular weight is 2060 g/mol. The topological polar surface area (TPSA) is 432 Å². The molecule has 6 aliphatic carbocycles. The number of ether oxygens (including phenoxy) is 8. The van der Waals surface area contributed by atoms with Crippen molar-refractivity contribution in [2.75, 3.05) is 56.3 Å². The van der Waals surface area contributed by atoms with Crippen molar-refractivity contribution < 1.29 is 81.4 Å². The summed E-state index contributed by atoms with van der Waals surface area (Å²) < 4.78 is 46.5. The maximum Gasteiger partial charge on any atom is 0.408 e. The molecule has 9 N–H and O–H groups in total. The van der Waals surface area contributed by atoms with Crippen LogP contribution in [-0.2, 0) is 43.0 Å². The molecule has 17 rings (SSSR count). The number of esters is 1. The van der Waals surface area contributed by atoms with E-state index in [9.17, 15) is 48.3 Å². The summed E-state index contributed by atoms with van der Waals surface area (Å²) in [5.74, 6) is -0.974. The van der Waals surface area contributed by atoms with Crippen molar-refractivity contribution in [2.45, 2.75) is 225 Å². The number of aromatic amines is 1. The number of alkyl carbamates (subject to hydrolysis) is 2. The number of anilines is 3. The summed E-state index contributed by atoms with van der Waals surface area (Å²) in [4.78, 5) is 162. The third-order valence-electron chi connectivity index (χ3n) is 26.2. The Balaban J connectivity index is 0.000000173. The van der Waals surface area contributed by atoms with Gasteiger partial charge in [0.05, 0.1) is 59.5 Å². The molecule has 8 heterocycles. The quantitative estimate of drug-likeness (QED) is 0.00798. The molecule has 750 valence electrons. The van der Waals surface area contributed by atoms with Crippen molar-refractivity contribution in [1.29, 1.82) is 0 Å². The highest BCUT2D eigenvalue weighted by atomic mass is 35.5. The zero-order valence-corrected chi connectivity index (χ0v) is 85.4. The van der Waals surface area contributed by atoms with Gasteiger partial charge in [0, 0.05) is 93.3 Å². The van der Waals surface area contributed by atoms with Crippen LogP contribution in [0.2, 0.25) is 15.1 Å². The van der Waals surface area contributed by atoms with Gasteiger partial charge in [0.1, 0.15) is 115 Å². The molecule has 16 atom stereocenters. The molecule has 142 heavy (non-hydrogen) atoms. The van der Waals surface area contributed by atoms with Gasteiger partial charge in [-0.25, -0.2) is 63.8 Å². The molecule has 6 amide bonds. The van der Waals surface area contributed by atoms with E-state index in [2.05, 4.69) is 74.9 Å². The van der Waals surface area contributed by atoms with Crippen molar-refractivity contribution in [3.05, 3.63) is 156 Å². The van der Waals surface area contributed by atoms with Crippen molar-refractivity contribution in [3.8, 4) is 62.9 Å². The molecule has 9 aromatic rings. The number of carbonyl (C=O) groups is 8. The highest BCUT2D eigenvalue weighted by Gasteiger charge is 2.64. The molecule has 2 aliphatic heterocycles. The van der Waals surface area contributed by atoms with E-state index in [1.54, 1.807) is 54.6 Å². The van der Waals surface area contributed by atoms with Crippen LogP contribution in [0.4, 0.5) is 25.0 Å². The molecule has 6 saturated carbocycles. The first kappa shape index (κ1) is 104. The van der Waals surface area contributed by atoms with Gasteiger partial charge in [0.25, 0.3) is 0 Å². The van der Waals surface area contributed by atoms with E-state index < -0.39 is 112 Å². The number of carboxylic acids is 1. The lowest BCUT2D eigenvalue weighted by atomic mass is 9.85. The van der Waals surface area contributed by atoms with Crippen LogP contribution in [0.1, 0.15) is 147 Å². The van der Waals surface area contributed by atoms with Crippen LogP contribution in [0, 0.1) is 66.1 Å². The number of aromatic nitrogens is 6. The maximum atomic E-state index is 14.8. The van der Waals surface area contributed by atoms with Gasteiger partial charge in [-0.2, -0.15) is 0 Å². The second-order valence-electron chi connectivity index (χ2n) is 39.9. The number of methoxy groups -OCH3 is 1. The third-order valence-corrected chi connectivity index (χ3v) is 29.6. The van der Waals surface area contributed by atoms with E-state index in [1.165, 1.54) is 69.5 Å². The summed E-state index contributed by atoms with van der Waals surface area (Å²) in [6.07, 6.45) is 5.84. The van der Waals surface area contributed by atoms with Crippen LogP contribution < -0.4 is 66.3 Å². The smallest absolute Gasteiger partial charge is 0.408 e. The standard InChI is InChI=1S/C42H50ClN7O8S.C41H48ClN7O8S.C17H15ClN4O2S/c1-9-24-17-42(24,38(53)55-8)49-36(51)30-15-26(18-50(30)37(52)35(41(4,5)6)48-40(54)58-25-13-22-12-23(22)14-25)57-32-16-28(29-19-59-39(47-29)45-21(2)3)46-34-27(32)10-11-31(33(34)43)56-20-44-7;1-8-23-16-41(23,37(52)53)48-35(50)29-14-25(17-49(29)36(51)34(40(4,5)6)47-39(54)57-24-12-21-11-22(21)13-24)56-31-15-27(28-18-58-38(46-28)44-20(2)3)45-33-26(31)9-10-30(32(33)42)55-19-43-7;1-9(2)20-17-22-12(7-25-17)11-6-13(23)10-4-5-14(24-8-19-3)15(18)16(10)21-11/h9-11,16,19,21-26,30,35H,1,12-15,17-18,20H2,2-6,8H3,(H,45,47)(H,48,54)(H,49,51);8-10,15,18,20-25,29,34H,1,11-14,16-17,19H2,2-6H3,(H,44,46)(H,47,54)(H,48,50)(H,52,53);4-7,9H,8H2,1-2H3,(H,20,22)(H,21,23)/t22-,23+,24-,25?,26-,30+,35-,42-;21-,22+,23-,24?,25-,29+,34-,41-;/m11./s1. The van der Waals surface area contributed by atoms with Gasteiger partial charge >= 0.3 is 44.3 Å². The largest absolute Gasteiger partial charge is 0.488 e. The molecule has 8 fully saturated rings. The highest BCUT2D eigenvalue weighted by molar-refractivity contribution is 7.14. The summed E-state index contributed by atoms with van der Waals surface area (Å²) in [5.41, 5.74) is -0.251. The van der Waals surface area contributed by atoms with Crippen LogP contribution in [0.5, 0.6) is 28.7 Å². The molecule has 0 radical (unpaired) electrons. The average Bonchev–Trinajstić information content (AvgIpc) is 1.57. The number of carbonyl (C=O) groups excluding carboxylic acids is 7. The summed E-state index contributed by atoms with van der Waals surface area (Å²) >= 11 is 24.4. The number of hydrogen-bond acceptors (Lipinski definition) is 28. The lowest BCUT2D eigenvalue weighted by molar-refractivity contribution is -0.148. The van der Waals surface area contributed by atoms with Gasteiger partial charge in [0.2, 0.25) is 23.6 Å². The first-order chi connectivity index (χ1) is 67.5. The Labute approximate surface area is 847 Å². The molecular weight excluding hydrogens is 1940 g/mol. The molecule has 0 bridgehead atoms. The van der Waals surface area contributed by atoms with E-state index in [1.807, 2.05) is 99.2 Å². The monoisotopic (exact) mass is 2050 g/mol. The normalized spacial score (nSPS) is 23.4. The first-order valence-electron chi connectivity index (χ1n) is 46.8. The number of halogens is 3. The number of hydrogen-bond donors (Lipinski definition) is 9. The molecule has 42 heteroatoms. The summed E-state index contributed by atoms with van der Waals surface area (Å²) in [6, 6.07) is 11.0. The molecule has 8 aliphatic rings. The Kier molecular flexibility index (Phi) is 31.2. The van der Waals surface area contributed by atoms with Gasteiger partial charge < -0.3 is 95.0 Å². The van der Waals surface area contributed by atoms with Crippen LogP contribution >= 0.6 is 68.8 Å². The second-order valence-corrected chi connectivity index (χ2v) is 43.6. The number of carboxylic acid groups (broad SMARTS) is 1. The molecule has 2 saturated heterocycles. The number of nitrogens with zero attached hydrogens (tertiary/aromatic N) is 10. The number of H-pyrrole nitrogens is 1. The Bertz CT molecular complexity index is 6580. The maximum absolute atomic E-state index is 14.8. The predicted octanol–water partition coefficient (Wildman–Crippen LogP) is 17.5. The fraction of sp³-hybridized carbons (Fsp3) is 0.490. The minimum absolute atomic E-state index is 0.00354. The van der Waals surface area contributed by atoms with Gasteiger partial charge in [-0.15, -0.1) is 47.2 Å². The van der Waals surface area contributed by atoms with Crippen LogP contribution in [0.15, 0.2) is 101 Å². The number of aliphatic carboxylic acids is 1. The summed E-state index contributed by atoms with van der Waals surface area (Å²) in [5, 5.41) is 41.0. The van der Waals surface area contributed by atoms with E-state index in [0.717, 1.165) is 37.2 Å². The Hall–Kier alpha value is -12.8. The van der Waals surface area contributed by atoms with Crippen molar-refractivity contribution in [2.24, 2.45) is 46.3 Å². The lowest BCUT2D eigenvalue weighted by Gasteiger charge is -2.35. The summed E-state index contributed by atoms with van der Waals surface area (Å²) in [7, 11) is 1.25. The number of rotatable bonds is 33. The van der Waals surface area contributed by atoms with Crippen LogP contribution in [0.3, 0.4) is 0 Å². The second kappa shape index (κ2) is 42.8. The molecule has 6 aromatic heterocycles. The Morgan fingerprint density at radius 3 is 1.27 bits per heavy atom. The van der Waals surface area contributed by atoms with Crippen molar-refractivity contribution in [3.63, 3.8) is 0 Å². The van der Waals surface area contributed by atoms with Gasteiger partial charge in [-0.3, -0.25) is 38.5 Å². The SMILES string of the molecule is [C-]#[N+]COc1ccc2c(=O)cc(-c3csc(NC(C)C)n3)[nH]c2c1Cl.[C-]#[N+]COc1ccc2c(O[C@@H]3C[C@@H](C(=O)N[C@]4(C(=O)O)C[C@H]4C=C)N(C(=O)[C@@H](NC(=O)OC4C[C@@H]5C[C@@H]5C4)C(C)(C)C)C3)cc(-c3csc(NC(C)C)n3)nc2c1Cl.[C-]#[N+]COc1ccc2c(O[C@@H]3C[C@@H](C(=O)N[C@]4(C(=O)OC)C[C@H]4C=C)N(C(=O)[C@@H](NC(=O)OC4C[C@@H]5C[C@@H]5C4)C(C)(C)C)C3)cc(-c3csc(NC(C)C)n3)nc2c1Cl. The Morgan fingerprint density at radius 2 is 0.901 bits per heavy atom. The van der Waals surface area contributed by atoms with Crippen molar-refractivity contribution in [1.82, 2.24) is 61.0 Å². The number of amides is 6. The van der Waals surface area contributed by atoms with Gasteiger partial charge in [-0.1, -0.05) is 88.5 Å². The first-order valence-corrected chi connectivity index (χ1v) is 50.6. The van der Waals surface area contributed by atoms with Crippen LogP contribution in [0.25, 0.3) is 81.4 Å². The number of likely N-dealkylation sites (tertiary alicyclic amines) is 2. The fourth-order valence-corrected chi connectivity index (χ4v) is 22.0. The number of pyridine rings is 3. The number of nitrogens with one attached hydrogen (secondary N) is 8. The molecule has 2 unspecified atom stereocenters. The van der Waals surface area contributed by atoms with E-state index >= 15 is 0 Å². The number of benzene rings is 3. The lowest BCUT2D eigenvalue weighted by Crippen LogP contribution is -2.59. The minimum Gasteiger partial charge on any atom is -0.488 e. The molecule has 36 nitrogen and oxygen atoms in total. The zero-order chi connectivity index (χ0) is 102. The number of thiazole rings is 3. The van der Waals surface area contributed by atoms with E-state index in [4.69, 9.17) is 112 Å². The molecular formula is C100H113Cl3N18O18S3. The van der Waals surface area contributed by atoms with E-state index in [0.29, 0.717) is 124 Å². The minimum atomic E-state index is -1.54. The molecule has 3 aromatic carbocycles. The summed E-state index contributed by atoms with van der Waals surface area (Å²) in [6.45, 7) is 51.0. The van der Waals surface area contributed by atoms with Crippen molar-refractivity contribution >= 4 is 165 Å². The van der Waals surface area contributed by atoms with Crippen LogP contribution in [-0.4, -0.2) is 211 Å². The Morgan fingerprint density at radius 1 is 0.521 bits per heavy atom. The highest BCUT2D eigenvalue weighted by Crippen LogP contribution is 2.55. The van der Waals surface area contributed by atoms with Gasteiger partial charge in [-0.05, 0) is 164 Å². The fourth-order valence-electron chi connectivity index (χ4n) is 18.7. The van der Waals surface area contributed by atoms with Gasteiger partial charge in [0.15, 0.2) is 20.8 Å². The zero-order valence-electron chi connectivity index (χ0n) is 80.6. The third kappa shape index (κ3) is 23.2. The van der Waals surface area contributed by atoms with E-state index in [-0.39, 0.29) is 121 Å². The predicted molar refractivity (Wildman–Crippen MR) is 541 cm³/mol.